The summed E-state index contributed by atoms with van der Waals surface area (Å²) in [7, 11) is 0. The normalized spacial score (nSPS) is 10.0. The van der Waals surface area contributed by atoms with Crippen molar-refractivity contribution in [3.8, 4) is 0 Å². The zero-order valence-electron chi connectivity index (χ0n) is 10.0. The lowest BCUT2D eigenvalue weighted by atomic mass is 10.3. The summed E-state index contributed by atoms with van der Waals surface area (Å²) < 4.78 is 0. The molecule has 0 radical (unpaired) electrons. The second-order valence-corrected chi connectivity index (χ2v) is 3.80. The molecule has 0 bridgehead atoms. The van der Waals surface area contributed by atoms with Gasteiger partial charge >= 0.3 is 5.69 Å². The molecule has 0 atom stereocenters. The van der Waals surface area contributed by atoms with Crippen molar-refractivity contribution in [2.75, 3.05) is 23.7 Å². The van der Waals surface area contributed by atoms with Crippen LogP contribution < -0.4 is 10.6 Å². The highest BCUT2D eigenvalue weighted by Gasteiger charge is 2.15. The van der Waals surface area contributed by atoms with Gasteiger partial charge in [0.1, 0.15) is 5.82 Å². The number of hydrogen-bond acceptors (Lipinski definition) is 5. The van der Waals surface area contributed by atoms with E-state index >= 15 is 0 Å². The van der Waals surface area contributed by atoms with Crippen LogP contribution in [0.4, 0.5) is 17.3 Å². The van der Waals surface area contributed by atoms with Gasteiger partial charge in [0.05, 0.1) is 4.92 Å². The lowest BCUT2D eigenvalue weighted by Gasteiger charge is -2.21. The number of nitrogen functional groups attached to an aromatic ring is 1. The molecule has 17 heavy (non-hydrogen) atoms. The number of rotatable bonds is 5. The number of hydrogen-bond donors (Lipinski definition) is 1. The SMILES string of the molecule is C=C(C)CN(CC)c1ccc([N+](=O)[O-])c(N)n1. The number of likely N-dealkylation sites (N-methyl/N-ethyl adjacent to an activating group) is 1. The van der Waals surface area contributed by atoms with Crippen LogP contribution in [0.3, 0.4) is 0 Å². The summed E-state index contributed by atoms with van der Waals surface area (Å²) in [5.41, 5.74) is 6.37. The van der Waals surface area contributed by atoms with E-state index in [0.29, 0.717) is 12.4 Å². The predicted molar refractivity (Wildman–Crippen MR) is 68.0 cm³/mol. The number of nitrogens with zero attached hydrogens (tertiary/aromatic N) is 3. The Morgan fingerprint density at radius 3 is 2.71 bits per heavy atom. The van der Waals surface area contributed by atoms with Gasteiger partial charge in [0, 0.05) is 19.2 Å². The predicted octanol–water partition coefficient (Wildman–Crippen LogP) is 1.97. The maximum Gasteiger partial charge on any atom is 0.311 e. The van der Waals surface area contributed by atoms with Gasteiger partial charge in [-0.15, -0.1) is 0 Å². The van der Waals surface area contributed by atoms with Crippen molar-refractivity contribution in [1.82, 2.24) is 4.98 Å². The molecule has 6 heteroatoms. The van der Waals surface area contributed by atoms with E-state index in [-0.39, 0.29) is 11.5 Å². The average Bonchev–Trinajstić information content (AvgIpc) is 2.24. The molecule has 0 aliphatic rings. The lowest BCUT2D eigenvalue weighted by Crippen LogP contribution is -2.25. The summed E-state index contributed by atoms with van der Waals surface area (Å²) in [6.07, 6.45) is 0. The minimum Gasteiger partial charge on any atom is -0.378 e. The number of anilines is 2. The van der Waals surface area contributed by atoms with Gasteiger partial charge in [0.15, 0.2) is 0 Å². The minimum atomic E-state index is -0.541. The number of nitrogens with two attached hydrogens (primary N) is 1. The fourth-order valence-corrected chi connectivity index (χ4v) is 1.47. The Morgan fingerprint density at radius 2 is 2.29 bits per heavy atom. The first-order chi connectivity index (χ1) is 7.95. The first-order valence-corrected chi connectivity index (χ1v) is 5.26. The Morgan fingerprint density at radius 1 is 1.65 bits per heavy atom. The second kappa shape index (κ2) is 5.29. The maximum atomic E-state index is 10.6. The molecule has 0 aromatic carbocycles. The van der Waals surface area contributed by atoms with Crippen molar-refractivity contribution < 1.29 is 4.92 Å². The Kier molecular flexibility index (Phi) is 4.03. The molecule has 0 amide bonds. The van der Waals surface area contributed by atoms with Gasteiger partial charge in [-0.05, 0) is 19.9 Å². The first-order valence-electron chi connectivity index (χ1n) is 5.26. The minimum absolute atomic E-state index is 0.0623. The largest absolute Gasteiger partial charge is 0.378 e. The molecule has 6 nitrogen and oxygen atoms in total. The van der Waals surface area contributed by atoms with Crippen LogP contribution in [0.15, 0.2) is 24.3 Å². The third-order valence-electron chi connectivity index (χ3n) is 2.25. The van der Waals surface area contributed by atoms with Crippen LogP contribution in [-0.2, 0) is 0 Å². The van der Waals surface area contributed by atoms with Gasteiger partial charge in [0.25, 0.3) is 0 Å². The van der Waals surface area contributed by atoms with Crippen molar-refractivity contribution >= 4 is 17.3 Å². The highest BCUT2D eigenvalue weighted by Crippen LogP contribution is 2.23. The fourth-order valence-electron chi connectivity index (χ4n) is 1.47. The average molecular weight is 236 g/mol. The standard InChI is InChI=1S/C11H16N4O2/c1-4-14(7-8(2)3)10-6-5-9(15(16)17)11(12)13-10/h5-6H,2,4,7H2,1,3H3,(H2,12,13). The van der Waals surface area contributed by atoms with Gasteiger partial charge in [-0.25, -0.2) is 4.98 Å². The van der Waals surface area contributed by atoms with E-state index < -0.39 is 4.92 Å². The van der Waals surface area contributed by atoms with Crippen molar-refractivity contribution in [2.45, 2.75) is 13.8 Å². The Bertz CT molecular complexity index is 445. The van der Waals surface area contributed by atoms with Crippen LogP contribution in [0.2, 0.25) is 0 Å². The summed E-state index contributed by atoms with van der Waals surface area (Å²) in [5.74, 6) is 0.561. The highest BCUT2D eigenvalue weighted by atomic mass is 16.6. The Balaban J connectivity index is 3.02. The zero-order chi connectivity index (χ0) is 13.0. The molecule has 0 saturated carbocycles. The summed E-state index contributed by atoms with van der Waals surface area (Å²) in [4.78, 5) is 16.1. The van der Waals surface area contributed by atoms with Crippen molar-refractivity contribution in [2.24, 2.45) is 0 Å². The lowest BCUT2D eigenvalue weighted by molar-refractivity contribution is -0.384. The monoisotopic (exact) mass is 236 g/mol. The molecule has 0 unspecified atom stereocenters. The molecular formula is C11H16N4O2. The van der Waals surface area contributed by atoms with E-state index in [1.54, 1.807) is 6.07 Å². The summed E-state index contributed by atoms with van der Waals surface area (Å²) in [6.45, 7) is 9.10. The molecule has 0 spiro atoms. The smallest absolute Gasteiger partial charge is 0.311 e. The van der Waals surface area contributed by atoms with E-state index in [9.17, 15) is 10.1 Å². The Hall–Kier alpha value is -2.11. The molecule has 1 heterocycles. The summed E-state index contributed by atoms with van der Waals surface area (Å²) >= 11 is 0. The summed E-state index contributed by atoms with van der Waals surface area (Å²) in [6, 6.07) is 2.97. The van der Waals surface area contributed by atoms with Gasteiger partial charge in [-0.1, -0.05) is 12.2 Å². The molecule has 2 N–H and O–H groups in total. The van der Waals surface area contributed by atoms with Gasteiger partial charge < -0.3 is 10.6 Å². The quantitative estimate of drug-likeness (QED) is 0.480. The number of aromatic nitrogens is 1. The van der Waals surface area contributed by atoms with Crippen molar-refractivity contribution in [3.63, 3.8) is 0 Å². The van der Waals surface area contributed by atoms with E-state index in [0.717, 1.165) is 12.1 Å². The number of pyridine rings is 1. The topological polar surface area (TPSA) is 85.3 Å². The van der Waals surface area contributed by atoms with Crippen molar-refractivity contribution in [3.05, 3.63) is 34.4 Å². The maximum absolute atomic E-state index is 10.6. The van der Waals surface area contributed by atoms with Crippen LogP contribution in [0, 0.1) is 10.1 Å². The molecule has 1 aromatic rings. The fraction of sp³-hybridized carbons (Fsp3) is 0.364. The van der Waals surface area contributed by atoms with Crippen LogP contribution in [-0.4, -0.2) is 23.0 Å². The van der Waals surface area contributed by atoms with E-state index in [4.69, 9.17) is 5.73 Å². The van der Waals surface area contributed by atoms with Gasteiger partial charge in [0.2, 0.25) is 5.82 Å². The second-order valence-electron chi connectivity index (χ2n) is 3.80. The molecular weight excluding hydrogens is 220 g/mol. The first kappa shape index (κ1) is 13.0. The molecule has 0 saturated heterocycles. The third-order valence-corrected chi connectivity index (χ3v) is 2.25. The van der Waals surface area contributed by atoms with Crippen LogP contribution in [0.1, 0.15) is 13.8 Å². The van der Waals surface area contributed by atoms with Crippen LogP contribution in [0.5, 0.6) is 0 Å². The molecule has 0 fully saturated rings. The molecule has 0 aliphatic heterocycles. The summed E-state index contributed by atoms with van der Waals surface area (Å²) in [5, 5.41) is 10.6. The van der Waals surface area contributed by atoms with Crippen molar-refractivity contribution in [1.29, 1.82) is 0 Å². The molecule has 0 aliphatic carbocycles. The Labute approximate surface area is 99.9 Å². The van der Waals surface area contributed by atoms with Crippen LogP contribution in [0.25, 0.3) is 0 Å². The third kappa shape index (κ3) is 3.17. The van der Waals surface area contributed by atoms with Gasteiger partial charge in [-0.3, -0.25) is 10.1 Å². The van der Waals surface area contributed by atoms with E-state index in [2.05, 4.69) is 11.6 Å². The number of nitro groups is 1. The van der Waals surface area contributed by atoms with Gasteiger partial charge in [-0.2, -0.15) is 0 Å². The molecule has 1 aromatic heterocycles. The van der Waals surface area contributed by atoms with E-state index in [1.807, 2.05) is 18.7 Å². The van der Waals surface area contributed by atoms with Crippen LogP contribution >= 0.6 is 0 Å². The molecule has 1 rings (SSSR count). The van der Waals surface area contributed by atoms with E-state index in [1.165, 1.54) is 6.07 Å². The highest BCUT2D eigenvalue weighted by molar-refractivity contribution is 5.58. The zero-order valence-corrected chi connectivity index (χ0v) is 10.0. The molecule has 92 valence electrons.